The Morgan fingerprint density at radius 3 is 2.32 bits per heavy atom. The smallest absolute Gasteiger partial charge is 0.251 e. The van der Waals surface area contributed by atoms with Gasteiger partial charge >= 0.3 is 0 Å². The third kappa shape index (κ3) is 3.66. The van der Waals surface area contributed by atoms with Crippen LogP contribution in [0.4, 0.5) is 0 Å². The van der Waals surface area contributed by atoms with Crippen LogP contribution in [0.3, 0.4) is 0 Å². The molecule has 0 unspecified atom stereocenters. The molecule has 158 valence electrons. The summed E-state index contributed by atoms with van der Waals surface area (Å²) in [6.07, 6.45) is 1.72. The summed E-state index contributed by atoms with van der Waals surface area (Å²) in [5.41, 5.74) is 4.36. The van der Waals surface area contributed by atoms with Gasteiger partial charge in [-0.25, -0.2) is 0 Å². The minimum Gasteiger partial charge on any atom is -0.493 e. The highest BCUT2D eigenvalue weighted by molar-refractivity contribution is 5.97. The van der Waals surface area contributed by atoms with Crippen LogP contribution in [0.25, 0.3) is 33.6 Å². The first-order valence-electron chi connectivity index (χ1n) is 9.61. The maximum atomic E-state index is 12.0. The maximum absolute atomic E-state index is 12.0. The molecule has 7 heteroatoms. The molecule has 0 aliphatic heterocycles. The Morgan fingerprint density at radius 2 is 1.68 bits per heavy atom. The van der Waals surface area contributed by atoms with Gasteiger partial charge < -0.3 is 23.9 Å². The van der Waals surface area contributed by atoms with E-state index in [1.165, 1.54) is 0 Å². The zero-order chi connectivity index (χ0) is 22.0. The van der Waals surface area contributed by atoms with E-state index in [2.05, 4.69) is 10.3 Å². The molecule has 0 bridgehead atoms. The van der Waals surface area contributed by atoms with Gasteiger partial charge in [-0.1, -0.05) is 12.1 Å². The SMILES string of the molecule is CNC(=O)c1cccc(-c2ccnc3cc(-c4cc(OC)c(OC)c(OC)c4)oc23)c1. The number of rotatable bonds is 6. The van der Waals surface area contributed by atoms with Crippen LogP contribution in [0.2, 0.25) is 0 Å². The van der Waals surface area contributed by atoms with E-state index in [0.29, 0.717) is 39.7 Å². The second kappa shape index (κ2) is 8.39. The summed E-state index contributed by atoms with van der Waals surface area (Å²) in [6, 6.07) is 14.8. The van der Waals surface area contributed by atoms with Gasteiger partial charge in [-0.2, -0.15) is 0 Å². The third-order valence-corrected chi connectivity index (χ3v) is 5.02. The molecule has 0 fully saturated rings. The highest BCUT2D eigenvalue weighted by Crippen LogP contribution is 2.42. The number of carbonyl (C=O) groups is 1. The molecular formula is C24H22N2O5. The van der Waals surface area contributed by atoms with E-state index in [1.54, 1.807) is 40.6 Å². The standard InChI is InChI=1S/C24H22N2O5/c1-25-24(27)15-7-5-6-14(10-15)17-8-9-26-18-13-19(31-22(17)18)16-11-20(28-2)23(30-4)21(12-16)29-3/h5-13H,1-4H3,(H,25,27). The highest BCUT2D eigenvalue weighted by Gasteiger charge is 2.18. The van der Waals surface area contributed by atoms with Crippen molar-refractivity contribution in [3.05, 3.63) is 60.3 Å². The van der Waals surface area contributed by atoms with Crippen LogP contribution < -0.4 is 19.5 Å². The molecule has 4 aromatic rings. The van der Waals surface area contributed by atoms with Crippen molar-refractivity contribution in [2.45, 2.75) is 0 Å². The normalized spacial score (nSPS) is 10.7. The van der Waals surface area contributed by atoms with Crippen molar-refractivity contribution in [3.8, 4) is 39.7 Å². The Morgan fingerprint density at radius 1 is 0.935 bits per heavy atom. The van der Waals surface area contributed by atoms with Gasteiger partial charge in [0.05, 0.1) is 21.3 Å². The van der Waals surface area contributed by atoms with E-state index < -0.39 is 0 Å². The Bertz CT molecular complexity index is 1240. The number of nitrogens with zero attached hydrogens (tertiary/aromatic N) is 1. The molecule has 0 aliphatic carbocycles. The summed E-state index contributed by atoms with van der Waals surface area (Å²) < 4.78 is 22.5. The maximum Gasteiger partial charge on any atom is 0.251 e. The molecule has 2 aromatic heterocycles. The summed E-state index contributed by atoms with van der Waals surface area (Å²) in [4.78, 5) is 16.5. The molecule has 0 spiro atoms. The second-order valence-corrected chi connectivity index (χ2v) is 6.76. The van der Waals surface area contributed by atoms with E-state index in [4.69, 9.17) is 18.6 Å². The van der Waals surface area contributed by atoms with Crippen LogP contribution in [-0.2, 0) is 0 Å². The number of carbonyl (C=O) groups excluding carboxylic acids is 1. The van der Waals surface area contributed by atoms with Crippen molar-refractivity contribution < 1.29 is 23.4 Å². The molecule has 4 rings (SSSR count). The van der Waals surface area contributed by atoms with Gasteiger partial charge in [-0.3, -0.25) is 9.78 Å². The van der Waals surface area contributed by atoms with Gasteiger partial charge in [0.15, 0.2) is 17.1 Å². The van der Waals surface area contributed by atoms with Gasteiger partial charge in [0.2, 0.25) is 5.75 Å². The number of pyridine rings is 1. The minimum absolute atomic E-state index is 0.148. The Kier molecular flexibility index (Phi) is 5.49. The number of methoxy groups -OCH3 is 3. The zero-order valence-electron chi connectivity index (χ0n) is 17.7. The average molecular weight is 418 g/mol. The number of ether oxygens (including phenoxy) is 3. The minimum atomic E-state index is -0.148. The molecule has 31 heavy (non-hydrogen) atoms. The second-order valence-electron chi connectivity index (χ2n) is 6.76. The first-order valence-corrected chi connectivity index (χ1v) is 9.61. The van der Waals surface area contributed by atoms with Crippen molar-refractivity contribution in [1.82, 2.24) is 10.3 Å². The molecule has 0 aliphatic rings. The fourth-order valence-electron chi connectivity index (χ4n) is 3.50. The van der Waals surface area contributed by atoms with Crippen molar-refractivity contribution in [1.29, 1.82) is 0 Å². The van der Waals surface area contributed by atoms with Gasteiger partial charge in [0.1, 0.15) is 11.3 Å². The van der Waals surface area contributed by atoms with Crippen molar-refractivity contribution in [2.24, 2.45) is 0 Å². The highest BCUT2D eigenvalue weighted by atomic mass is 16.5. The summed E-state index contributed by atoms with van der Waals surface area (Å²) in [6.45, 7) is 0. The number of hydrogen-bond donors (Lipinski definition) is 1. The third-order valence-electron chi connectivity index (χ3n) is 5.02. The summed E-state index contributed by atoms with van der Waals surface area (Å²) in [5.74, 6) is 2.03. The predicted molar refractivity (Wildman–Crippen MR) is 118 cm³/mol. The van der Waals surface area contributed by atoms with Gasteiger partial charge in [-0.15, -0.1) is 0 Å². The van der Waals surface area contributed by atoms with Crippen LogP contribution in [-0.4, -0.2) is 39.3 Å². The number of hydrogen-bond acceptors (Lipinski definition) is 6. The molecule has 0 saturated heterocycles. The largest absolute Gasteiger partial charge is 0.493 e. The molecule has 1 N–H and O–H groups in total. The average Bonchev–Trinajstić information content (AvgIpc) is 3.27. The number of benzene rings is 2. The summed E-state index contributed by atoms with van der Waals surface area (Å²) >= 11 is 0. The number of aromatic nitrogens is 1. The molecule has 0 radical (unpaired) electrons. The van der Waals surface area contributed by atoms with Gasteiger partial charge in [0.25, 0.3) is 5.91 Å². The molecule has 2 aromatic carbocycles. The number of amides is 1. The van der Waals surface area contributed by atoms with E-state index in [1.807, 2.05) is 42.5 Å². The predicted octanol–water partition coefficient (Wildman–Crippen LogP) is 4.55. The molecule has 1 amide bonds. The Labute approximate surface area is 179 Å². The first-order chi connectivity index (χ1) is 15.1. The van der Waals surface area contributed by atoms with E-state index in [0.717, 1.165) is 16.7 Å². The fraction of sp³-hybridized carbons (Fsp3) is 0.167. The first kappa shape index (κ1) is 20.3. The van der Waals surface area contributed by atoms with Crippen molar-refractivity contribution in [2.75, 3.05) is 28.4 Å². The molecule has 7 nitrogen and oxygen atoms in total. The number of furan rings is 1. The monoisotopic (exact) mass is 418 g/mol. The quantitative estimate of drug-likeness (QED) is 0.495. The molecular weight excluding hydrogens is 396 g/mol. The topological polar surface area (TPSA) is 82.8 Å². The lowest BCUT2D eigenvalue weighted by molar-refractivity contribution is 0.0963. The molecule has 0 atom stereocenters. The van der Waals surface area contributed by atoms with Crippen LogP contribution in [0.15, 0.2) is 59.1 Å². The number of fused-ring (bicyclic) bond motifs is 1. The van der Waals surface area contributed by atoms with E-state index >= 15 is 0 Å². The van der Waals surface area contributed by atoms with Crippen LogP contribution >= 0.6 is 0 Å². The van der Waals surface area contributed by atoms with Gasteiger partial charge in [0, 0.05) is 36.0 Å². The van der Waals surface area contributed by atoms with Gasteiger partial charge in [-0.05, 0) is 35.9 Å². The fourth-order valence-corrected chi connectivity index (χ4v) is 3.50. The van der Waals surface area contributed by atoms with E-state index in [9.17, 15) is 4.79 Å². The Balaban J connectivity index is 1.85. The Hall–Kier alpha value is -4.00. The van der Waals surface area contributed by atoms with Crippen LogP contribution in [0, 0.1) is 0 Å². The molecule has 0 saturated carbocycles. The lowest BCUT2D eigenvalue weighted by Gasteiger charge is -2.13. The van der Waals surface area contributed by atoms with Crippen LogP contribution in [0.5, 0.6) is 17.2 Å². The van der Waals surface area contributed by atoms with Crippen molar-refractivity contribution >= 4 is 17.0 Å². The van der Waals surface area contributed by atoms with Crippen LogP contribution in [0.1, 0.15) is 10.4 Å². The van der Waals surface area contributed by atoms with Crippen molar-refractivity contribution in [3.63, 3.8) is 0 Å². The zero-order valence-corrected chi connectivity index (χ0v) is 17.7. The van der Waals surface area contributed by atoms with E-state index in [-0.39, 0.29) is 5.91 Å². The lowest BCUT2D eigenvalue weighted by Crippen LogP contribution is -2.17. The molecule has 2 heterocycles. The summed E-state index contributed by atoms with van der Waals surface area (Å²) in [7, 11) is 6.30. The lowest BCUT2D eigenvalue weighted by atomic mass is 10.0. The summed E-state index contributed by atoms with van der Waals surface area (Å²) in [5, 5.41) is 2.64. The number of nitrogens with one attached hydrogen (secondary N) is 1.